The molecule has 0 bridgehead atoms. The summed E-state index contributed by atoms with van der Waals surface area (Å²) in [5.74, 6) is -0.0105. The maximum absolute atomic E-state index is 13.8. The number of anilines is 1. The SMILES string of the molecule is CCCCCCCN(C(=O)CNC(=O)OC(C)(C)C)C(C(=O)Nc1ccc(OC)cc1)c1ccccc1C. The highest BCUT2D eigenvalue weighted by Crippen LogP contribution is 2.27. The average Bonchev–Trinajstić information content (AvgIpc) is 2.86. The molecule has 0 saturated carbocycles. The lowest BCUT2D eigenvalue weighted by Crippen LogP contribution is -2.47. The van der Waals surface area contributed by atoms with Crippen molar-refractivity contribution in [2.75, 3.05) is 25.5 Å². The molecular formula is C30H43N3O5. The van der Waals surface area contributed by atoms with Gasteiger partial charge >= 0.3 is 6.09 Å². The Bertz CT molecular complexity index is 1050. The number of ether oxygens (including phenoxy) is 2. The third-order valence-corrected chi connectivity index (χ3v) is 6.01. The second-order valence-corrected chi connectivity index (χ2v) is 10.3. The molecule has 1 unspecified atom stereocenters. The number of nitrogens with one attached hydrogen (secondary N) is 2. The number of benzene rings is 2. The van der Waals surface area contributed by atoms with Crippen molar-refractivity contribution in [2.24, 2.45) is 0 Å². The van der Waals surface area contributed by atoms with Crippen molar-refractivity contribution in [3.63, 3.8) is 0 Å². The fourth-order valence-electron chi connectivity index (χ4n) is 4.08. The highest BCUT2D eigenvalue weighted by Gasteiger charge is 2.32. The van der Waals surface area contributed by atoms with Crippen molar-refractivity contribution < 1.29 is 23.9 Å². The standard InChI is InChI=1S/C30H43N3O5/c1-7-8-9-10-13-20-33(26(34)21-31-29(36)38-30(3,4)5)27(25-15-12-11-14-22(25)2)28(35)32-23-16-18-24(37-6)19-17-23/h11-12,14-19,27H,7-10,13,20-21H2,1-6H3,(H,31,36)(H,32,35). The third kappa shape index (κ3) is 10.1. The number of methoxy groups -OCH3 is 1. The molecule has 0 heterocycles. The maximum atomic E-state index is 13.8. The van der Waals surface area contributed by atoms with Crippen molar-refractivity contribution in [1.82, 2.24) is 10.2 Å². The summed E-state index contributed by atoms with van der Waals surface area (Å²) in [6.07, 6.45) is 4.30. The third-order valence-electron chi connectivity index (χ3n) is 6.01. The molecule has 1 atom stereocenters. The maximum Gasteiger partial charge on any atom is 0.408 e. The number of unbranched alkanes of at least 4 members (excludes halogenated alkanes) is 4. The van der Waals surface area contributed by atoms with E-state index in [1.165, 1.54) is 0 Å². The number of hydrogen-bond acceptors (Lipinski definition) is 5. The van der Waals surface area contributed by atoms with Crippen molar-refractivity contribution in [3.8, 4) is 5.75 Å². The van der Waals surface area contributed by atoms with Gasteiger partial charge < -0.3 is 25.0 Å². The first-order valence-corrected chi connectivity index (χ1v) is 13.3. The molecule has 0 aliphatic heterocycles. The molecule has 8 heteroatoms. The molecule has 0 aliphatic rings. The van der Waals surface area contributed by atoms with Crippen LogP contribution in [0.3, 0.4) is 0 Å². The number of rotatable bonds is 13. The van der Waals surface area contributed by atoms with E-state index in [0.717, 1.165) is 43.2 Å². The van der Waals surface area contributed by atoms with Gasteiger partial charge in [-0.2, -0.15) is 0 Å². The predicted molar refractivity (Wildman–Crippen MR) is 150 cm³/mol. The minimum atomic E-state index is -0.877. The lowest BCUT2D eigenvalue weighted by molar-refractivity contribution is -0.138. The summed E-state index contributed by atoms with van der Waals surface area (Å²) in [7, 11) is 1.58. The number of carbonyl (C=O) groups excluding carboxylic acids is 3. The van der Waals surface area contributed by atoms with Crippen molar-refractivity contribution >= 4 is 23.6 Å². The molecule has 2 N–H and O–H groups in total. The highest BCUT2D eigenvalue weighted by atomic mass is 16.6. The van der Waals surface area contributed by atoms with Gasteiger partial charge in [0, 0.05) is 12.2 Å². The van der Waals surface area contributed by atoms with Crippen LogP contribution in [0.5, 0.6) is 5.75 Å². The van der Waals surface area contributed by atoms with Gasteiger partial charge in [0.15, 0.2) is 0 Å². The predicted octanol–water partition coefficient (Wildman–Crippen LogP) is 6.01. The zero-order valence-electron chi connectivity index (χ0n) is 23.6. The minimum absolute atomic E-state index is 0.276. The zero-order valence-corrected chi connectivity index (χ0v) is 23.6. The summed E-state index contributed by atoms with van der Waals surface area (Å²) in [5.41, 5.74) is 1.54. The van der Waals surface area contributed by atoms with Gasteiger partial charge in [-0.3, -0.25) is 9.59 Å². The van der Waals surface area contributed by atoms with E-state index in [-0.39, 0.29) is 18.4 Å². The number of amides is 3. The number of aryl methyl sites for hydroxylation is 1. The normalized spacial score (nSPS) is 11.8. The molecule has 0 spiro atoms. The van der Waals surface area contributed by atoms with Gasteiger partial charge in [0.2, 0.25) is 5.91 Å². The molecule has 0 aromatic heterocycles. The number of hydrogen-bond donors (Lipinski definition) is 2. The van der Waals surface area contributed by atoms with Crippen molar-refractivity contribution in [1.29, 1.82) is 0 Å². The molecule has 0 saturated heterocycles. The second kappa shape index (κ2) is 15.0. The molecule has 0 aliphatic carbocycles. The summed E-state index contributed by atoms with van der Waals surface area (Å²) < 4.78 is 10.5. The molecular weight excluding hydrogens is 482 g/mol. The van der Waals surface area contributed by atoms with E-state index in [1.807, 2.05) is 31.2 Å². The Labute approximate surface area is 227 Å². The first-order valence-electron chi connectivity index (χ1n) is 13.3. The number of nitrogens with zero attached hydrogens (tertiary/aromatic N) is 1. The summed E-state index contributed by atoms with van der Waals surface area (Å²) in [6.45, 7) is 9.45. The summed E-state index contributed by atoms with van der Waals surface area (Å²) >= 11 is 0. The van der Waals surface area contributed by atoms with E-state index >= 15 is 0 Å². The van der Waals surface area contributed by atoms with Crippen LogP contribution in [0.1, 0.15) is 77.0 Å². The van der Waals surface area contributed by atoms with Crippen LogP contribution in [0.25, 0.3) is 0 Å². The fraction of sp³-hybridized carbons (Fsp3) is 0.500. The van der Waals surface area contributed by atoms with Gasteiger partial charge in [0.05, 0.1) is 7.11 Å². The molecule has 208 valence electrons. The van der Waals surface area contributed by atoms with Gasteiger partial charge in [-0.15, -0.1) is 0 Å². The quantitative estimate of drug-likeness (QED) is 0.312. The minimum Gasteiger partial charge on any atom is -0.497 e. The number of alkyl carbamates (subject to hydrolysis) is 1. The first kappa shape index (κ1) is 30.7. The molecule has 2 rings (SSSR count). The van der Waals surface area contributed by atoms with E-state index < -0.39 is 17.7 Å². The average molecular weight is 526 g/mol. The Kier molecular flexibility index (Phi) is 12.1. The Balaban J connectivity index is 2.34. The second-order valence-electron chi connectivity index (χ2n) is 10.3. The molecule has 0 fully saturated rings. The summed E-state index contributed by atoms with van der Waals surface area (Å²) in [4.78, 5) is 41.2. The molecule has 0 radical (unpaired) electrons. The van der Waals surface area contributed by atoms with E-state index in [9.17, 15) is 14.4 Å². The van der Waals surface area contributed by atoms with Crippen molar-refractivity contribution in [3.05, 3.63) is 59.7 Å². The van der Waals surface area contributed by atoms with Crippen LogP contribution in [0.4, 0.5) is 10.5 Å². The van der Waals surface area contributed by atoms with E-state index in [1.54, 1.807) is 57.0 Å². The zero-order chi connectivity index (χ0) is 28.1. The van der Waals surface area contributed by atoms with Crippen LogP contribution in [0, 0.1) is 6.92 Å². The first-order chi connectivity index (χ1) is 18.1. The summed E-state index contributed by atoms with van der Waals surface area (Å²) in [6, 6.07) is 13.7. The van der Waals surface area contributed by atoms with Gasteiger partial charge in [-0.25, -0.2) is 4.79 Å². The lowest BCUT2D eigenvalue weighted by Gasteiger charge is -2.32. The van der Waals surface area contributed by atoms with E-state index in [0.29, 0.717) is 18.0 Å². The monoisotopic (exact) mass is 525 g/mol. The van der Waals surface area contributed by atoms with E-state index in [2.05, 4.69) is 17.6 Å². The Hall–Kier alpha value is -3.55. The van der Waals surface area contributed by atoms with E-state index in [4.69, 9.17) is 9.47 Å². The molecule has 3 amide bonds. The Morgan fingerprint density at radius 2 is 1.61 bits per heavy atom. The largest absolute Gasteiger partial charge is 0.497 e. The topological polar surface area (TPSA) is 97.0 Å². The van der Waals surface area contributed by atoms with Gasteiger partial charge in [-0.05, 0) is 69.5 Å². The van der Waals surface area contributed by atoms with Crippen molar-refractivity contribution in [2.45, 2.75) is 78.4 Å². The van der Waals surface area contributed by atoms with Crippen LogP contribution in [0.15, 0.2) is 48.5 Å². The molecule has 2 aromatic rings. The lowest BCUT2D eigenvalue weighted by atomic mass is 9.98. The smallest absolute Gasteiger partial charge is 0.408 e. The van der Waals surface area contributed by atoms with Gasteiger partial charge in [0.1, 0.15) is 23.9 Å². The van der Waals surface area contributed by atoms with Crippen LogP contribution >= 0.6 is 0 Å². The van der Waals surface area contributed by atoms with Crippen LogP contribution in [0.2, 0.25) is 0 Å². The Morgan fingerprint density at radius 1 is 0.947 bits per heavy atom. The Morgan fingerprint density at radius 3 is 2.21 bits per heavy atom. The molecule has 38 heavy (non-hydrogen) atoms. The van der Waals surface area contributed by atoms with Gasteiger partial charge in [-0.1, -0.05) is 56.9 Å². The molecule has 2 aromatic carbocycles. The van der Waals surface area contributed by atoms with Gasteiger partial charge in [0.25, 0.3) is 5.91 Å². The summed E-state index contributed by atoms with van der Waals surface area (Å²) in [5, 5.41) is 5.52. The fourth-order valence-corrected chi connectivity index (χ4v) is 4.08. The number of carbonyl (C=O) groups is 3. The highest BCUT2D eigenvalue weighted by molar-refractivity contribution is 5.98. The molecule has 8 nitrogen and oxygen atoms in total. The van der Waals surface area contributed by atoms with Crippen LogP contribution in [-0.4, -0.2) is 48.6 Å². The van der Waals surface area contributed by atoms with Crippen LogP contribution < -0.4 is 15.4 Å². The van der Waals surface area contributed by atoms with Crippen LogP contribution in [-0.2, 0) is 14.3 Å².